The van der Waals surface area contributed by atoms with E-state index >= 15 is 0 Å². The molecule has 1 unspecified atom stereocenters. The number of carbonyl (C=O) groups excluding carboxylic acids is 1. The van der Waals surface area contributed by atoms with Gasteiger partial charge in [0.25, 0.3) is 5.91 Å². The van der Waals surface area contributed by atoms with Crippen LogP contribution < -0.4 is 0 Å². The van der Waals surface area contributed by atoms with Gasteiger partial charge >= 0.3 is 0 Å². The van der Waals surface area contributed by atoms with E-state index in [2.05, 4.69) is 0 Å². The highest BCUT2D eigenvalue weighted by Crippen LogP contribution is 2.25. The van der Waals surface area contributed by atoms with Crippen LogP contribution in [-0.4, -0.2) is 47.9 Å². The summed E-state index contributed by atoms with van der Waals surface area (Å²) in [4.78, 5) is 14.6. The number of aromatic nitrogens is 1. The molecule has 0 N–H and O–H groups in total. The molecule has 3 rings (SSSR count). The van der Waals surface area contributed by atoms with Gasteiger partial charge in [0.15, 0.2) is 9.84 Å². The Morgan fingerprint density at radius 1 is 1.36 bits per heavy atom. The minimum absolute atomic E-state index is 0.0807. The second kappa shape index (κ2) is 5.43. The van der Waals surface area contributed by atoms with E-state index in [1.54, 1.807) is 4.90 Å². The number of sulfone groups is 1. The van der Waals surface area contributed by atoms with Gasteiger partial charge in [0, 0.05) is 36.7 Å². The van der Waals surface area contributed by atoms with Gasteiger partial charge in [0.2, 0.25) is 0 Å². The lowest BCUT2D eigenvalue weighted by atomic mass is 10.1. The minimum Gasteiger partial charge on any atom is -0.350 e. The van der Waals surface area contributed by atoms with Crippen LogP contribution >= 0.6 is 0 Å². The monoisotopic (exact) mass is 320 g/mol. The van der Waals surface area contributed by atoms with Crippen molar-refractivity contribution >= 4 is 26.6 Å². The Bertz CT molecular complexity index is 823. The number of para-hydroxylation sites is 1. The van der Waals surface area contributed by atoms with Crippen LogP contribution in [0.3, 0.4) is 0 Å². The van der Waals surface area contributed by atoms with E-state index in [1.807, 2.05) is 49.0 Å². The lowest BCUT2D eigenvalue weighted by Crippen LogP contribution is -2.40. The quantitative estimate of drug-likeness (QED) is 0.867. The SMILES string of the molecule is CCN(C(=O)c1cn(C)c2ccccc12)C1CCS(=O)(=O)C1. The molecule has 22 heavy (non-hydrogen) atoms. The number of hydrogen-bond donors (Lipinski definition) is 0. The van der Waals surface area contributed by atoms with Gasteiger partial charge in [0.05, 0.1) is 17.1 Å². The zero-order valence-electron chi connectivity index (χ0n) is 12.8. The molecule has 1 amide bonds. The van der Waals surface area contributed by atoms with Crippen LogP contribution in [0.1, 0.15) is 23.7 Å². The zero-order chi connectivity index (χ0) is 15.9. The van der Waals surface area contributed by atoms with E-state index in [-0.39, 0.29) is 23.5 Å². The van der Waals surface area contributed by atoms with E-state index in [9.17, 15) is 13.2 Å². The molecular weight excluding hydrogens is 300 g/mol. The molecule has 0 aliphatic carbocycles. The molecule has 1 atom stereocenters. The van der Waals surface area contributed by atoms with Gasteiger partial charge < -0.3 is 9.47 Å². The normalized spacial score (nSPS) is 20.4. The molecule has 6 heteroatoms. The van der Waals surface area contributed by atoms with Crippen LogP contribution in [0.5, 0.6) is 0 Å². The van der Waals surface area contributed by atoms with Crippen LogP contribution in [0, 0.1) is 0 Å². The van der Waals surface area contributed by atoms with Crippen molar-refractivity contribution in [2.75, 3.05) is 18.1 Å². The standard InChI is InChI=1S/C16H20N2O3S/c1-3-18(12-8-9-22(20,21)11-12)16(19)14-10-17(2)15-7-5-4-6-13(14)15/h4-7,10,12H,3,8-9,11H2,1-2H3. The molecule has 118 valence electrons. The van der Waals surface area contributed by atoms with Gasteiger partial charge in [0.1, 0.15) is 0 Å². The fourth-order valence-corrected chi connectivity index (χ4v) is 4.99. The Labute approximate surface area is 130 Å². The van der Waals surface area contributed by atoms with Gasteiger partial charge in [-0.2, -0.15) is 0 Å². The summed E-state index contributed by atoms with van der Waals surface area (Å²) in [7, 11) is -1.09. The fourth-order valence-electron chi connectivity index (χ4n) is 3.26. The summed E-state index contributed by atoms with van der Waals surface area (Å²) in [6, 6.07) is 7.55. The number of carbonyl (C=O) groups is 1. The molecule has 2 heterocycles. The lowest BCUT2D eigenvalue weighted by molar-refractivity contribution is 0.0710. The van der Waals surface area contributed by atoms with Gasteiger partial charge in [-0.1, -0.05) is 18.2 Å². The Hall–Kier alpha value is -1.82. The van der Waals surface area contributed by atoms with Crippen LogP contribution in [0.4, 0.5) is 0 Å². The van der Waals surface area contributed by atoms with Crippen molar-refractivity contribution in [3.8, 4) is 0 Å². The summed E-state index contributed by atoms with van der Waals surface area (Å²) in [5.41, 5.74) is 1.64. The van der Waals surface area contributed by atoms with E-state index < -0.39 is 9.84 Å². The highest BCUT2D eigenvalue weighted by Gasteiger charge is 2.34. The first-order valence-corrected chi connectivity index (χ1v) is 9.30. The Morgan fingerprint density at radius 3 is 2.73 bits per heavy atom. The van der Waals surface area contributed by atoms with Crippen molar-refractivity contribution in [1.29, 1.82) is 0 Å². The molecule has 5 nitrogen and oxygen atoms in total. The summed E-state index contributed by atoms with van der Waals surface area (Å²) in [6.07, 6.45) is 2.37. The highest BCUT2D eigenvalue weighted by molar-refractivity contribution is 7.91. The number of nitrogens with zero attached hydrogens (tertiary/aromatic N) is 2. The van der Waals surface area contributed by atoms with E-state index in [0.717, 1.165) is 10.9 Å². The summed E-state index contributed by atoms with van der Waals surface area (Å²) >= 11 is 0. The third-order valence-electron chi connectivity index (χ3n) is 4.38. The Morgan fingerprint density at radius 2 is 2.09 bits per heavy atom. The maximum absolute atomic E-state index is 12.9. The first kappa shape index (κ1) is 15.1. The number of hydrogen-bond acceptors (Lipinski definition) is 3. The third-order valence-corrected chi connectivity index (χ3v) is 6.13. The summed E-state index contributed by atoms with van der Waals surface area (Å²) < 4.78 is 25.3. The van der Waals surface area contributed by atoms with E-state index in [1.165, 1.54) is 0 Å². The molecule has 1 fully saturated rings. The van der Waals surface area contributed by atoms with Crippen molar-refractivity contribution in [3.63, 3.8) is 0 Å². The van der Waals surface area contributed by atoms with Gasteiger partial charge in [-0.3, -0.25) is 4.79 Å². The van der Waals surface area contributed by atoms with Crippen LogP contribution in [0.2, 0.25) is 0 Å². The van der Waals surface area contributed by atoms with Gasteiger partial charge in [-0.15, -0.1) is 0 Å². The second-order valence-electron chi connectivity index (χ2n) is 5.82. The van der Waals surface area contributed by atoms with Crippen molar-refractivity contribution in [3.05, 3.63) is 36.0 Å². The zero-order valence-corrected chi connectivity index (χ0v) is 13.6. The topological polar surface area (TPSA) is 59.4 Å². The van der Waals surface area contributed by atoms with E-state index in [4.69, 9.17) is 0 Å². The molecule has 0 bridgehead atoms. The first-order chi connectivity index (χ1) is 10.4. The highest BCUT2D eigenvalue weighted by atomic mass is 32.2. The number of aryl methyl sites for hydroxylation is 1. The van der Waals surface area contributed by atoms with Gasteiger partial charge in [-0.05, 0) is 19.4 Å². The van der Waals surface area contributed by atoms with E-state index in [0.29, 0.717) is 18.5 Å². The van der Waals surface area contributed by atoms with Crippen molar-refractivity contribution in [2.45, 2.75) is 19.4 Å². The van der Waals surface area contributed by atoms with Crippen LogP contribution in [0.25, 0.3) is 10.9 Å². The Kier molecular flexibility index (Phi) is 3.72. The molecular formula is C16H20N2O3S. The van der Waals surface area contributed by atoms with Crippen LogP contribution in [-0.2, 0) is 16.9 Å². The fraction of sp³-hybridized carbons (Fsp3) is 0.438. The molecule has 1 aromatic heterocycles. The average Bonchev–Trinajstić information content (AvgIpc) is 3.01. The minimum atomic E-state index is -3.00. The molecule has 1 aromatic carbocycles. The molecule has 0 radical (unpaired) electrons. The summed E-state index contributed by atoms with van der Waals surface area (Å²) in [5.74, 6) is 0.176. The predicted molar refractivity (Wildman–Crippen MR) is 86.7 cm³/mol. The van der Waals surface area contributed by atoms with Crippen molar-refractivity contribution in [1.82, 2.24) is 9.47 Å². The smallest absolute Gasteiger partial charge is 0.256 e. The molecule has 1 aliphatic rings. The Balaban J connectivity index is 1.97. The number of amides is 1. The van der Waals surface area contributed by atoms with Crippen LogP contribution in [0.15, 0.2) is 30.5 Å². The maximum atomic E-state index is 12.9. The van der Waals surface area contributed by atoms with Crippen molar-refractivity contribution < 1.29 is 13.2 Å². The summed E-state index contributed by atoms with van der Waals surface area (Å²) in [5, 5.41) is 0.911. The molecule has 0 spiro atoms. The number of benzene rings is 1. The molecule has 1 saturated heterocycles. The molecule has 2 aromatic rings. The summed E-state index contributed by atoms with van der Waals surface area (Å²) in [6.45, 7) is 2.41. The number of rotatable bonds is 3. The number of fused-ring (bicyclic) bond motifs is 1. The largest absolute Gasteiger partial charge is 0.350 e. The first-order valence-electron chi connectivity index (χ1n) is 7.48. The van der Waals surface area contributed by atoms with Crippen molar-refractivity contribution in [2.24, 2.45) is 7.05 Å². The molecule has 0 saturated carbocycles. The molecule has 1 aliphatic heterocycles. The predicted octanol–water partition coefficient (Wildman–Crippen LogP) is 1.83. The average molecular weight is 320 g/mol. The maximum Gasteiger partial charge on any atom is 0.256 e. The van der Waals surface area contributed by atoms with Gasteiger partial charge in [-0.25, -0.2) is 8.42 Å². The third kappa shape index (κ3) is 2.52. The lowest BCUT2D eigenvalue weighted by Gasteiger charge is -2.26. The second-order valence-corrected chi connectivity index (χ2v) is 8.05.